The lowest BCUT2D eigenvalue weighted by atomic mass is 10.2. The maximum atomic E-state index is 11.1. The first-order valence-electron chi connectivity index (χ1n) is 4.74. The van der Waals surface area contributed by atoms with Crippen molar-refractivity contribution in [1.82, 2.24) is 0 Å². The summed E-state index contributed by atoms with van der Waals surface area (Å²) in [6.07, 6.45) is 0. The van der Waals surface area contributed by atoms with Gasteiger partial charge in [0.2, 0.25) is 0 Å². The third-order valence-corrected chi connectivity index (χ3v) is 3.45. The number of rotatable bonds is 5. The van der Waals surface area contributed by atoms with Crippen molar-refractivity contribution >= 4 is 37.3 Å². The molecule has 1 aromatic carbocycles. The van der Waals surface area contributed by atoms with Crippen LogP contribution in [0.5, 0.6) is 5.75 Å². The fraction of sp³-hybridized carbons (Fsp3) is 0.300. The maximum absolute atomic E-state index is 11.1. The van der Waals surface area contributed by atoms with Crippen LogP contribution in [0.1, 0.15) is 5.56 Å². The minimum Gasteiger partial charge on any atom is -0.482 e. The lowest BCUT2D eigenvalue weighted by molar-refractivity contribution is -0.143. The van der Waals surface area contributed by atoms with Crippen molar-refractivity contribution in [3.05, 3.63) is 23.8 Å². The highest BCUT2D eigenvalue weighted by molar-refractivity contribution is 8.13. The number of esters is 1. The molecule has 0 N–H and O–H groups in total. The van der Waals surface area contributed by atoms with E-state index < -0.39 is 15.0 Å². The first-order chi connectivity index (χ1) is 8.34. The summed E-state index contributed by atoms with van der Waals surface area (Å²) in [5.74, 6) is -0.246. The quantitative estimate of drug-likeness (QED) is 0.473. The SMILES string of the molecule is Cc1cc(S(=O)(=O)Cl)ccc1OCC(=O)OCCl. The second-order valence-electron chi connectivity index (χ2n) is 3.28. The van der Waals surface area contributed by atoms with E-state index in [0.29, 0.717) is 11.3 Å². The van der Waals surface area contributed by atoms with Crippen molar-refractivity contribution in [2.24, 2.45) is 0 Å². The van der Waals surface area contributed by atoms with Gasteiger partial charge in [-0.3, -0.25) is 0 Å². The van der Waals surface area contributed by atoms with E-state index in [1.54, 1.807) is 6.92 Å². The van der Waals surface area contributed by atoms with Crippen molar-refractivity contribution in [3.8, 4) is 5.75 Å². The number of aryl methyl sites for hydroxylation is 1. The van der Waals surface area contributed by atoms with Crippen LogP contribution in [0.4, 0.5) is 0 Å². The van der Waals surface area contributed by atoms with Crippen LogP contribution in [0.2, 0.25) is 0 Å². The largest absolute Gasteiger partial charge is 0.482 e. The van der Waals surface area contributed by atoms with Crippen molar-refractivity contribution in [1.29, 1.82) is 0 Å². The minimum atomic E-state index is -3.77. The standard InChI is InChI=1S/C10H10Cl2O5S/c1-7-4-8(18(12,14)15)2-3-9(7)16-5-10(13)17-6-11/h2-4H,5-6H2,1H3. The molecule has 5 nitrogen and oxygen atoms in total. The zero-order chi connectivity index (χ0) is 13.8. The topological polar surface area (TPSA) is 69.7 Å². The molecule has 0 unspecified atom stereocenters. The van der Waals surface area contributed by atoms with Gasteiger partial charge in [0.05, 0.1) is 4.90 Å². The molecule has 0 radical (unpaired) electrons. The summed E-state index contributed by atoms with van der Waals surface area (Å²) in [6, 6.07) is 3.81. The highest BCUT2D eigenvalue weighted by atomic mass is 35.7. The summed E-state index contributed by atoms with van der Waals surface area (Å²) in [5, 5.41) is 0. The Bertz CT molecular complexity index is 541. The van der Waals surface area contributed by atoms with Crippen molar-refractivity contribution in [2.45, 2.75) is 11.8 Å². The molecule has 0 aromatic heterocycles. The molecule has 0 aliphatic carbocycles. The number of carbonyl (C=O) groups excluding carboxylic acids is 1. The normalized spacial score (nSPS) is 11.1. The zero-order valence-corrected chi connectivity index (χ0v) is 11.7. The molecule has 0 fully saturated rings. The Morgan fingerprint density at radius 3 is 2.56 bits per heavy atom. The van der Waals surface area contributed by atoms with Crippen LogP contribution in [0.25, 0.3) is 0 Å². The average Bonchev–Trinajstić information content (AvgIpc) is 2.26. The molecule has 0 saturated carbocycles. The van der Waals surface area contributed by atoms with Gasteiger partial charge in [-0.05, 0) is 30.7 Å². The Morgan fingerprint density at radius 1 is 1.39 bits per heavy atom. The van der Waals surface area contributed by atoms with Crippen LogP contribution >= 0.6 is 22.3 Å². The van der Waals surface area contributed by atoms with Crippen LogP contribution in [0, 0.1) is 6.92 Å². The Morgan fingerprint density at radius 2 is 2.06 bits per heavy atom. The molecule has 1 rings (SSSR count). The lowest BCUT2D eigenvalue weighted by Crippen LogP contribution is -2.14. The van der Waals surface area contributed by atoms with E-state index in [0.717, 1.165) is 0 Å². The molecule has 18 heavy (non-hydrogen) atoms. The first kappa shape index (κ1) is 15.1. The van der Waals surface area contributed by atoms with E-state index in [1.165, 1.54) is 18.2 Å². The van der Waals surface area contributed by atoms with Crippen LogP contribution in [-0.2, 0) is 18.6 Å². The summed E-state index contributed by atoms with van der Waals surface area (Å²) in [7, 11) is 1.42. The second-order valence-corrected chi connectivity index (χ2v) is 6.06. The zero-order valence-electron chi connectivity index (χ0n) is 9.35. The first-order valence-corrected chi connectivity index (χ1v) is 7.58. The van der Waals surface area contributed by atoms with Crippen LogP contribution in [0.3, 0.4) is 0 Å². The molecule has 0 saturated heterocycles. The summed E-state index contributed by atoms with van der Waals surface area (Å²) in [5.41, 5.74) is 0.537. The number of benzene rings is 1. The summed E-state index contributed by atoms with van der Waals surface area (Å²) in [4.78, 5) is 11.0. The van der Waals surface area contributed by atoms with Crippen molar-refractivity contribution < 1.29 is 22.7 Å². The molecular formula is C10H10Cl2O5S. The molecule has 0 amide bonds. The van der Waals surface area contributed by atoms with Gasteiger partial charge >= 0.3 is 5.97 Å². The maximum Gasteiger partial charge on any atom is 0.345 e. The third kappa shape index (κ3) is 4.36. The monoisotopic (exact) mass is 312 g/mol. The molecule has 100 valence electrons. The van der Waals surface area contributed by atoms with Crippen LogP contribution < -0.4 is 4.74 Å². The summed E-state index contributed by atoms with van der Waals surface area (Å²) < 4.78 is 31.8. The van der Waals surface area contributed by atoms with Gasteiger partial charge in [0.15, 0.2) is 12.7 Å². The highest BCUT2D eigenvalue weighted by Gasteiger charge is 2.12. The summed E-state index contributed by atoms with van der Waals surface area (Å²) >= 11 is 5.20. The van der Waals surface area contributed by atoms with Gasteiger partial charge in [0, 0.05) is 10.7 Å². The van der Waals surface area contributed by atoms with Gasteiger partial charge in [-0.1, -0.05) is 11.6 Å². The predicted octanol–water partition coefficient (Wildman–Crippen LogP) is 2.04. The van der Waals surface area contributed by atoms with Gasteiger partial charge in [0.1, 0.15) is 5.75 Å². The number of ether oxygens (including phenoxy) is 2. The predicted molar refractivity (Wildman–Crippen MR) is 66.5 cm³/mol. The Kier molecular flexibility index (Phi) is 5.25. The fourth-order valence-corrected chi connectivity index (χ4v) is 2.13. The van der Waals surface area contributed by atoms with E-state index in [9.17, 15) is 13.2 Å². The lowest BCUT2D eigenvalue weighted by Gasteiger charge is -2.08. The average molecular weight is 313 g/mol. The molecule has 0 heterocycles. The molecule has 8 heteroatoms. The Balaban J connectivity index is 2.78. The van der Waals surface area contributed by atoms with E-state index >= 15 is 0 Å². The van der Waals surface area contributed by atoms with Gasteiger partial charge in [-0.15, -0.1) is 0 Å². The molecule has 0 aliphatic heterocycles. The number of alkyl halides is 1. The minimum absolute atomic E-state index is 0.0302. The molecule has 0 bridgehead atoms. The van der Waals surface area contributed by atoms with Gasteiger partial charge in [-0.25, -0.2) is 13.2 Å². The van der Waals surface area contributed by atoms with E-state index in [4.69, 9.17) is 27.0 Å². The van der Waals surface area contributed by atoms with Crippen LogP contribution in [0.15, 0.2) is 23.1 Å². The Labute approximate surface area is 114 Å². The van der Waals surface area contributed by atoms with Gasteiger partial charge < -0.3 is 9.47 Å². The van der Waals surface area contributed by atoms with E-state index in [2.05, 4.69) is 4.74 Å². The highest BCUT2D eigenvalue weighted by Crippen LogP contribution is 2.23. The van der Waals surface area contributed by atoms with Crippen molar-refractivity contribution in [3.63, 3.8) is 0 Å². The smallest absolute Gasteiger partial charge is 0.345 e. The number of hydrogen-bond acceptors (Lipinski definition) is 5. The number of carbonyl (C=O) groups is 1. The van der Waals surface area contributed by atoms with Gasteiger partial charge in [0.25, 0.3) is 9.05 Å². The second kappa shape index (κ2) is 6.26. The van der Waals surface area contributed by atoms with E-state index in [1.807, 2.05) is 0 Å². The fourth-order valence-electron chi connectivity index (χ4n) is 1.17. The Hall–Kier alpha value is -0.980. The third-order valence-electron chi connectivity index (χ3n) is 1.99. The number of halogens is 2. The number of hydrogen-bond donors (Lipinski definition) is 0. The van der Waals surface area contributed by atoms with E-state index in [-0.39, 0.29) is 17.6 Å². The van der Waals surface area contributed by atoms with Crippen molar-refractivity contribution in [2.75, 3.05) is 12.7 Å². The summed E-state index contributed by atoms with van der Waals surface area (Å²) in [6.45, 7) is 1.33. The molecule has 1 aromatic rings. The van der Waals surface area contributed by atoms with Gasteiger partial charge in [-0.2, -0.15) is 0 Å². The molecular weight excluding hydrogens is 303 g/mol. The molecule has 0 atom stereocenters. The molecule has 0 aliphatic rings. The molecule has 0 spiro atoms. The van der Waals surface area contributed by atoms with Crippen LogP contribution in [-0.4, -0.2) is 27.1 Å².